The molecular weight excluding hydrogens is 176 g/mol. The molecule has 0 bridgehead atoms. The molecule has 1 atom stereocenters. The van der Waals surface area contributed by atoms with Crippen LogP contribution in [-0.2, 0) is 0 Å². The van der Waals surface area contributed by atoms with E-state index in [9.17, 15) is 0 Å². The van der Waals surface area contributed by atoms with Gasteiger partial charge in [-0.3, -0.25) is 0 Å². The van der Waals surface area contributed by atoms with Crippen LogP contribution in [0.15, 0.2) is 0 Å². The Balaban J connectivity index is 2.41. The van der Waals surface area contributed by atoms with Crippen LogP contribution in [0.4, 0.5) is 0 Å². The third-order valence-corrected chi connectivity index (χ3v) is 2.93. The fourth-order valence-corrected chi connectivity index (χ4v) is 2.81. The molecule has 1 aliphatic rings. The molecule has 0 saturated heterocycles. The van der Waals surface area contributed by atoms with E-state index in [1.54, 1.807) is 0 Å². The van der Waals surface area contributed by atoms with E-state index >= 15 is 0 Å². The largest absolute Gasteiger partial charge is 0.0890 e. The first-order chi connectivity index (χ1) is 4.10. The summed E-state index contributed by atoms with van der Waals surface area (Å²) >= 11 is 3.66. The summed E-state index contributed by atoms with van der Waals surface area (Å²) in [5.41, 5.74) is 0.604. The van der Waals surface area contributed by atoms with Crippen molar-refractivity contribution in [3.8, 4) is 0 Å². The summed E-state index contributed by atoms with van der Waals surface area (Å²) in [5, 5.41) is 0. The Morgan fingerprint density at radius 3 is 2.44 bits per heavy atom. The Bertz CT molecular complexity index is 96.7. The average Bonchev–Trinajstić information content (AvgIpc) is 1.60. The highest BCUT2D eigenvalue weighted by molar-refractivity contribution is 9.09. The third-order valence-electron chi connectivity index (χ3n) is 2.14. The highest BCUT2D eigenvalue weighted by Crippen LogP contribution is 2.37. The summed E-state index contributed by atoms with van der Waals surface area (Å²) in [4.78, 5) is 0.793. The zero-order valence-electron chi connectivity index (χ0n) is 6.28. The minimum absolute atomic E-state index is 0.604. The maximum atomic E-state index is 3.66. The van der Waals surface area contributed by atoms with E-state index in [2.05, 4.69) is 29.8 Å². The van der Waals surface area contributed by atoms with Gasteiger partial charge in [0.2, 0.25) is 0 Å². The van der Waals surface area contributed by atoms with Gasteiger partial charge in [0.15, 0.2) is 0 Å². The van der Waals surface area contributed by atoms with Crippen molar-refractivity contribution < 1.29 is 0 Å². The van der Waals surface area contributed by atoms with Gasteiger partial charge < -0.3 is 0 Å². The predicted molar refractivity (Wildman–Crippen MR) is 45.0 cm³/mol. The molecule has 1 rings (SSSR count). The van der Waals surface area contributed by atoms with Gasteiger partial charge in [-0.2, -0.15) is 0 Å². The molecule has 0 aromatic heterocycles. The van der Waals surface area contributed by atoms with E-state index in [0.29, 0.717) is 5.41 Å². The second-order valence-corrected chi connectivity index (χ2v) is 5.15. The van der Waals surface area contributed by atoms with E-state index in [1.807, 2.05) is 0 Å². The molecule has 0 nitrogen and oxygen atoms in total. The van der Waals surface area contributed by atoms with Crippen molar-refractivity contribution >= 4 is 15.9 Å². The number of hydrogen-bond donors (Lipinski definition) is 0. The van der Waals surface area contributed by atoms with Gasteiger partial charge in [-0.1, -0.05) is 36.2 Å². The summed E-state index contributed by atoms with van der Waals surface area (Å²) in [6, 6.07) is 0. The molecule has 0 aromatic rings. The Labute approximate surface area is 66.2 Å². The number of halogens is 1. The first-order valence-corrected chi connectivity index (χ1v) is 4.66. The summed E-state index contributed by atoms with van der Waals surface area (Å²) < 4.78 is 0. The molecular formula is C8H15Br. The van der Waals surface area contributed by atoms with Crippen molar-refractivity contribution in [2.45, 2.75) is 44.4 Å². The topological polar surface area (TPSA) is 0 Å². The quantitative estimate of drug-likeness (QED) is 0.515. The Kier molecular flexibility index (Phi) is 2.20. The van der Waals surface area contributed by atoms with Crippen molar-refractivity contribution in [3.05, 3.63) is 0 Å². The molecule has 1 aliphatic carbocycles. The van der Waals surface area contributed by atoms with Gasteiger partial charge in [0.05, 0.1) is 0 Å². The fraction of sp³-hybridized carbons (Fsp3) is 1.00. The first-order valence-electron chi connectivity index (χ1n) is 3.74. The third kappa shape index (κ3) is 2.29. The maximum Gasteiger partial charge on any atom is 0.0150 e. The minimum Gasteiger partial charge on any atom is -0.0890 e. The lowest BCUT2D eigenvalue weighted by atomic mass is 9.78. The molecule has 1 unspecified atom stereocenters. The van der Waals surface area contributed by atoms with E-state index in [1.165, 1.54) is 25.7 Å². The number of hydrogen-bond acceptors (Lipinski definition) is 0. The van der Waals surface area contributed by atoms with Gasteiger partial charge in [-0.05, 0) is 24.7 Å². The summed E-state index contributed by atoms with van der Waals surface area (Å²) in [6.07, 6.45) is 5.55. The second kappa shape index (κ2) is 2.61. The van der Waals surface area contributed by atoms with Crippen LogP contribution in [-0.4, -0.2) is 4.83 Å². The zero-order chi connectivity index (χ0) is 6.91. The lowest BCUT2D eigenvalue weighted by molar-refractivity contribution is 0.253. The molecule has 0 heterocycles. The van der Waals surface area contributed by atoms with Crippen LogP contribution in [0.2, 0.25) is 0 Å². The van der Waals surface area contributed by atoms with Gasteiger partial charge in [-0.25, -0.2) is 0 Å². The standard InChI is InChI=1S/C8H15Br/c1-8(2)5-3-4-7(9)6-8/h7H,3-6H2,1-2H3. The first kappa shape index (κ1) is 7.59. The predicted octanol–water partition coefficient (Wildman–Crippen LogP) is 3.35. The highest BCUT2D eigenvalue weighted by Gasteiger charge is 2.25. The molecule has 54 valence electrons. The Morgan fingerprint density at radius 2 is 2.11 bits per heavy atom. The SMILES string of the molecule is CC1(C)CCCC(Br)C1. The summed E-state index contributed by atoms with van der Waals surface area (Å²) in [6.45, 7) is 4.72. The van der Waals surface area contributed by atoms with Crippen molar-refractivity contribution in [1.82, 2.24) is 0 Å². The van der Waals surface area contributed by atoms with Gasteiger partial charge in [0.25, 0.3) is 0 Å². The molecule has 1 heteroatoms. The Morgan fingerprint density at radius 1 is 1.44 bits per heavy atom. The van der Waals surface area contributed by atoms with Gasteiger partial charge in [0.1, 0.15) is 0 Å². The molecule has 0 aromatic carbocycles. The van der Waals surface area contributed by atoms with Crippen LogP contribution in [0, 0.1) is 5.41 Å². The van der Waals surface area contributed by atoms with Crippen LogP contribution >= 0.6 is 15.9 Å². The van der Waals surface area contributed by atoms with Crippen LogP contribution in [0.3, 0.4) is 0 Å². The molecule has 0 N–H and O–H groups in total. The van der Waals surface area contributed by atoms with Crippen molar-refractivity contribution in [3.63, 3.8) is 0 Å². The zero-order valence-corrected chi connectivity index (χ0v) is 7.87. The van der Waals surface area contributed by atoms with Crippen LogP contribution in [0.1, 0.15) is 39.5 Å². The van der Waals surface area contributed by atoms with Crippen molar-refractivity contribution in [2.75, 3.05) is 0 Å². The van der Waals surface area contributed by atoms with Gasteiger partial charge in [0, 0.05) is 4.83 Å². The van der Waals surface area contributed by atoms with Gasteiger partial charge in [-0.15, -0.1) is 0 Å². The summed E-state index contributed by atoms with van der Waals surface area (Å²) in [5.74, 6) is 0. The van der Waals surface area contributed by atoms with E-state index < -0.39 is 0 Å². The molecule has 1 fully saturated rings. The number of alkyl halides is 1. The maximum absolute atomic E-state index is 3.66. The lowest BCUT2D eigenvalue weighted by Gasteiger charge is -2.32. The van der Waals surface area contributed by atoms with E-state index in [0.717, 1.165) is 4.83 Å². The molecule has 0 amide bonds. The molecule has 0 aliphatic heterocycles. The molecule has 1 saturated carbocycles. The van der Waals surface area contributed by atoms with Crippen molar-refractivity contribution in [1.29, 1.82) is 0 Å². The van der Waals surface area contributed by atoms with E-state index in [4.69, 9.17) is 0 Å². The molecule has 0 spiro atoms. The summed E-state index contributed by atoms with van der Waals surface area (Å²) in [7, 11) is 0. The lowest BCUT2D eigenvalue weighted by Crippen LogP contribution is -2.22. The Hall–Kier alpha value is 0.480. The second-order valence-electron chi connectivity index (χ2n) is 3.86. The smallest absolute Gasteiger partial charge is 0.0150 e. The monoisotopic (exact) mass is 190 g/mol. The molecule has 0 radical (unpaired) electrons. The van der Waals surface area contributed by atoms with Crippen LogP contribution in [0.5, 0.6) is 0 Å². The fourth-order valence-electron chi connectivity index (χ4n) is 1.61. The minimum atomic E-state index is 0.604. The normalized spacial score (nSPS) is 34.3. The number of rotatable bonds is 0. The van der Waals surface area contributed by atoms with E-state index in [-0.39, 0.29) is 0 Å². The van der Waals surface area contributed by atoms with Crippen LogP contribution < -0.4 is 0 Å². The average molecular weight is 191 g/mol. The molecule has 9 heavy (non-hydrogen) atoms. The van der Waals surface area contributed by atoms with Crippen molar-refractivity contribution in [2.24, 2.45) is 5.41 Å². The van der Waals surface area contributed by atoms with Gasteiger partial charge >= 0.3 is 0 Å². The van der Waals surface area contributed by atoms with Crippen LogP contribution in [0.25, 0.3) is 0 Å². The highest BCUT2D eigenvalue weighted by atomic mass is 79.9.